The van der Waals surface area contributed by atoms with Gasteiger partial charge in [0.15, 0.2) is 0 Å². The number of piperazine rings is 1. The third-order valence-electron chi connectivity index (χ3n) is 4.53. The zero-order chi connectivity index (χ0) is 19.1. The summed E-state index contributed by atoms with van der Waals surface area (Å²) in [6.07, 6.45) is 0.590. The molecule has 0 aromatic heterocycles. The van der Waals surface area contributed by atoms with E-state index in [1.807, 2.05) is 61.2 Å². The van der Waals surface area contributed by atoms with Crippen LogP contribution in [-0.4, -0.2) is 49.7 Å². The molecule has 0 N–H and O–H groups in total. The van der Waals surface area contributed by atoms with Gasteiger partial charge in [-0.2, -0.15) is 0 Å². The van der Waals surface area contributed by atoms with Gasteiger partial charge < -0.3 is 19.3 Å². The van der Waals surface area contributed by atoms with E-state index in [0.717, 1.165) is 37.7 Å². The molecule has 1 fully saturated rings. The Morgan fingerprint density at radius 3 is 2.22 bits per heavy atom. The summed E-state index contributed by atoms with van der Waals surface area (Å²) in [6.45, 7) is 7.64. The van der Waals surface area contributed by atoms with E-state index in [2.05, 4.69) is 17.0 Å². The van der Waals surface area contributed by atoms with Crippen LogP contribution in [0.3, 0.4) is 0 Å². The standard InChI is InChI=1S/C22H28N2O3/c1-18(2)27-21-10-8-19(9-11-21)23-13-15-24(16-14-23)22(25)12-17-26-20-6-4-3-5-7-20/h3-11,18H,12-17H2,1-2H3. The molecular formula is C22H28N2O3. The lowest BCUT2D eigenvalue weighted by Gasteiger charge is -2.36. The Balaban J connectivity index is 1.42. The van der Waals surface area contributed by atoms with Crippen molar-refractivity contribution in [3.63, 3.8) is 0 Å². The molecule has 0 bridgehead atoms. The fourth-order valence-corrected chi connectivity index (χ4v) is 3.15. The number of carbonyl (C=O) groups is 1. The molecule has 27 heavy (non-hydrogen) atoms. The van der Waals surface area contributed by atoms with E-state index in [-0.39, 0.29) is 12.0 Å². The monoisotopic (exact) mass is 368 g/mol. The Hall–Kier alpha value is -2.69. The number of rotatable bonds is 7. The van der Waals surface area contributed by atoms with Crippen LogP contribution in [0.15, 0.2) is 54.6 Å². The summed E-state index contributed by atoms with van der Waals surface area (Å²) >= 11 is 0. The van der Waals surface area contributed by atoms with Crippen molar-refractivity contribution in [2.24, 2.45) is 0 Å². The van der Waals surface area contributed by atoms with Gasteiger partial charge in [-0.1, -0.05) is 18.2 Å². The van der Waals surface area contributed by atoms with Crippen LogP contribution in [0.25, 0.3) is 0 Å². The third kappa shape index (κ3) is 5.64. The fraction of sp³-hybridized carbons (Fsp3) is 0.409. The van der Waals surface area contributed by atoms with Crippen LogP contribution in [0.2, 0.25) is 0 Å². The average Bonchev–Trinajstić information content (AvgIpc) is 2.69. The smallest absolute Gasteiger partial charge is 0.226 e. The molecule has 3 rings (SSSR count). The predicted molar refractivity (Wildman–Crippen MR) is 108 cm³/mol. The van der Waals surface area contributed by atoms with Gasteiger partial charge in [-0.3, -0.25) is 4.79 Å². The van der Waals surface area contributed by atoms with E-state index in [1.54, 1.807) is 0 Å². The SMILES string of the molecule is CC(C)Oc1ccc(N2CCN(C(=O)CCOc3ccccc3)CC2)cc1. The average molecular weight is 368 g/mol. The second kappa shape index (κ2) is 9.31. The summed E-state index contributed by atoms with van der Waals surface area (Å²) in [6, 6.07) is 17.8. The summed E-state index contributed by atoms with van der Waals surface area (Å²) in [5.41, 5.74) is 1.17. The van der Waals surface area contributed by atoms with Crippen molar-refractivity contribution in [2.45, 2.75) is 26.4 Å². The maximum Gasteiger partial charge on any atom is 0.226 e. The highest BCUT2D eigenvalue weighted by Gasteiger charge is 2.21. The first kappa shape index (κ1) is 19.1. The van der Waals surface area contributed by atoms with Crippen molar-refractivity contribution in [1.29, 1.82) is 0 Å². The molecular weight excluding hydrogens is 340 g/mol. The van der Waals surface area contributed by atoms with E-state index < -0.39 is 0 Å². The van der Waals surface area contributed by atoms with E-state index >= 15 is 0 Å². The highest BCUT2D eigenvalue weighted by Crippen LogP contribution is 2.21. The van der Waals surface area contributed by atoms with Crippen LogP contribution in [0, 0.1) is 0 Å². The number of anilines is 1. The minimum absolute atomic E-state index is 0.159. The molecule has 0 radical (unpaired) electrons. The normalized spacial score (nSPS) is 14.3. The van der Waals surface area contributed by atoms with Gasteiger partial charge in [0.05, 0.1) is 19.1 Å². The molecule has 1 saturated heterocycles. The maximum absolute atomic E-state index is 12.4. The summed E-state index contributed by atoms with van der Waals surface area (Å²) in [7, 11) is 0. The summed E-state index contributed by atoms with van der Waals surface area (Å²) in [5, 5.41) is 0. The molecule has 2 aromatic carbocycles. The lowest BCUT2D eigenvalue weighted by molar-refractivity contribution is -0.132. The predicted octanol–water partition coefficient (Wildman–Crippen LogP) is 3.59. The van der Waals surface area contributed by atoms with E-state index in [1.165, 1.54) is 5.69 Å². The highest BCUT2D eigenvalue weighted by molar-refractivity contribution is 5.76. The molecule has 144 valence electrons. The molecule has 1 heterocycles. The van der Waals surface area contributed by atoms with Crippen molar-refractivity contribution in [2.75, 3.05) is 37.7 Å². The zero-order valence-corrected chi connectivity index (χ0v) is 16.1. The molecule has 1 aliphatic rings. The van der Waals surface area contributed by atoms with Crippen LogP contribution >= 0.6 is 0 Å². The second-order valence-corrected chi connectivity index (χ2v) is 6.94. The molecule has 0 unspecified atom stereocenters. The lowest BCUT2D eigenvalue weighted by Crippen LogP contribution is -2.49. The van der Waals surface area contributed by atoms with E-state index in [0.29, 0.717) is 13.0 Å². The van der Waals surface area contributed by atoms with E-state index in [4.69, 9.17) is 9.47 Å². The number of amides is 1. The van der Waals surface area contributed by atoms with Crippen molar-refractivity contribution in [3.8, 4) is 11.5 Å². The molecule has 5 heteroatoms. The Labute approximate surface area is 161 Å². The molecule has 0 atom stereocenters. The summed E-state index contributed by atoms with van der Waals surface area (Å²) < 4.78 is 11.3. The number of para-hydroxylation sites is 1. The number of nitrogens with zero attached hydrogens (tertiary/aromatic N) is 2. The molecule has 1 amide bonds. The van der Waals surface area contributed by atoms with Crippen LogP contribution in [0.5, 0.6) is 11.5 Å². The Kier molecular flexibility index (Phi) is 6.58. The first-order chi connectivity index (χ1) is 13.1. The maximum atomic E-state index is 12.4. The lowest BCUT2D eigenvalue weighted by atomic mass is 10.2. The van der Waals surface area contributed by atoms with Gasteiger partial charge >= 0.3 is 0 Å². The van der Waals surface area contributed by atoms with Gasteiger partial charge in [-0.25, -0.2) is 0 Å². The molecule has 5 nitrogen and oxygen atoms in total. The first-order valence-electron chi connectivity index (χ1n) is 9.59. The highest BCUT2D eigenvalue weighted by atomic mass is 16.5. The number of benzene rings is 2. The van der Waals surface area contributed by atoms with Crippen LogP contribution in [-0.2, 0) is 4.79 Å². The molecule has 0 saturated carbocycles. The zero-order valence-electron chi connectivity index (χ0n) is 16.1. The largest absolute Gasteiger partial charge is 0.493 e. The molecule has 2 aromatic rings. The fourth-order valence-electron chi connectivity index (χ4n) is 3.15. The van der Waals surface area contributed by atoms with Gasteiger partial charge in [0.2, 0.25) is 5.91 Å². The van der Waals surface area contributed by atoms with Crippen molar-refractivity contribution in [3.05, 3.63) is 54.6 Å². The van der Waals surface area contributed by atoms with Crippen LogP contribution < -0.4 is 14.4 Å². The molecule has 1 aliphatic heterocycles. The third-order valence-corrected chi connectivity index (χ3v) is 4.53. The van der Waals surface area contributed by atoms with Gasteiger partial charge in [0.1, 0.15) is 11.5 Å². The number of ether oxygens (including phenoxy) is 2. The van der Waals surface area contributed by atoms with Gasteiger partial charge in [-0.05, 0) is 50.2 Å². The Bertz CT molecular complexity index is 708. The van der Waals surface area contributed by atoms with Crippen LogP contribution in [0.1, 0.15) is 20.3 Å². The van der Waals surface area contributed by atoms with E-state index in [9.17, 15) is 4.79 Å². The topological polar surface area (TPSA) is 42.0 Å². The number of hydrogen-bond donors (Lipinski definition) is 0. The van der Waals surface area contributed by atoms with Gasteiger partial charge in [0.25, 0.3) is 0 Å². The summed E-state index contributed by atoms with van der Waals surface area (Å²) in [5.74, 6) is 1.85. The number of hydrogen-bond acceptors (Lipinski definition) is 4. The van der Waals surface area contributed by atoms with Gasteiger partial charge in [-0.15, -0.1) is 0 Å². The Morgan fingerprint density at radius 1 is 0.926 bits per heavy atom. The quantitative estimate of drug-likeness (QED) is 0.749. The Morgan fingerprint density at radius 2 is 1.59 bits per heavy atom. The van der Waals surface area contributed by atoms with Crippen molar-refractivity contribution >= 4 is 11.6 Å². The molecule has 0 aliphatic carbocycles. The first-order valence-corrected chi connectivity index (χ1v) is 9.59. The number of carbonyl (C=O) groups excluding carboxylic acids is 1. The molecule has 0 spiro atoms. The van der Waals surface area contributed by atoms with Gasteiger partial charge in [0, 0.05) is 31.9 Å². The van der Waals surface area contributed by atoms with Crippen molar-refractivity contribution in [1.82, 2.24) is 4.90 Å². The van der Waals surface area contributed by atoms with Crippen LogP contribution in [0.4, 0.5) is 5.69 Å². The minimum atomic E-state index is 0.159. The second-order valence-electron chi connectivity index (χ2n) is 6.94. The summed E-state index contributed by atoms with van der Waals surface area (Å²) in [4.78, 5) is 16.6. The van der Waals surface area contributed by atoms with Crippen molar-refractivity contribution < 1.29 is 14.3 Å². The minimum Gasteiger partial charge on any atom is -0.493 e.